The Balaban J connectivity index is 2.64. The summed E-state index contributed by atoms with van der Waals surface area (Å²) in [6.07, 6.45) is 0.784. The van der Waals surface area contributed by atoms with Crippen molar-refractivity contribution in [2.75, 3.05) is 24.6 Å². The number of carboxylic acids is 1. The minimum absolute atomic E-state index is 0.130. The van der Waals surface area contributed by atoms with Gasteiger partial charge in [0, 0.05) is 13.1 Å². The van der Waals surface area contributed by atoms with E-state index in [-0.39, 0.29) is 25.3 Å². The van der Waals surface area contributed by atoms with Crippen molar-refractivity contribution in [1.82, 2.24) is 9.03 Å². The highest BCUT2D eigenvalue weighted by Crippen LogP contribution is 2.21. The second kappa shape index (κ2) is 6.16. The Bertz CT molecular complexity index is 527. The fourth-order valence-corrected chi connectivity index (χ4v) is 4.20. The summed E-state index contributed by atoms with van der Waals surface area (Å²) in [4.78, 5) is 10.9. The molecule has 0 aromatic heterocycles. The molecule has 0 aromatic rings. The van der Waals surface area contributed by atoms with E-state index in [1.807, 2.05) is 0 Å². The van der Waals surface area contributed by atoms with E-state index in [0.717, 1.165) is 4.31 Å². The molecule has 10 heteroatoms. The number of aliphatic carboxylic acids is 1. The van der Waals surface area contributed by atoms with Crippen LogP contribution in [0.25, 0.3) is 0 Å². The van der Waals surface area contributed by atoms with Gasteiger partial charge in [0.25, 0.3) is 0 Å². The summed E-state index contributed by atoms with van der Waals surface area (Å²) in [5.41, 5.74) is 0. The van der Waals surface area contributed by atoms with Gasteiger partial charge in [-0.3, -0.25) is 4.79 Å². The second-order valence-corrected chi connectivity index (χ2v) is 8.36. The fourth-order valence-electron chi connectivity index (χ4n) is 1.87. The third-order valence-corrected chi connectivity index (χ3v) is 6.18. The van der Waals surface area contributed by atoms with Crippen LogP contribution in [-0.2, 0) is 24.8 Å². The lowest BCUT2D eigenvalue weighted by Gasteiger charge is -2.20. The van der Waals surface area contributed by atoms with Crippen LogP contribution in [0.3, 0.4) is 0 Å². The number of nitrogens with one attached hydrogen (secondary N) is 1. The van der Waals surface area contributed by atoms with Crippen molar-refractivity contribution in [2.24, 2.45) is 0 Å². The lowest BCUT2D eigenvalue weighted by molar-refractivity contribution is -0.140. The zero-order chi connectivity index (χ0) is 14.7. The first kappa shape index (κ1) is 16.3. The lowest BCUT2D eigenvalue weighted by Crippen LogP contribution is -2.43. The van der Waals surface area contributed by atoms with E-state index in [1.165, 1.54) is 6.92 Å². The molecular weight excluding hydrogens is 296 g/mol. The number of hydrogen-bond acceptors (Lipinski definition) is 5. The first-order valence-corrected chi connectivity index (χ1v) is 9.15. The van der Waals surface area contributed by atoms with Crippen molar-refractivity contribution >= 4 is 26.0 Å². The van der Waals surface area contributed by atoms with Crippen molar-refractivity contribution in [1.29, 1.82) is 0 Å². The number of nitrogens with zero attached hydrogens (tertiary/aromatic N) is 1. The molecule has 112 valence electrons. The van der Waals surface area contributed by atoms with Gasteiger partial charge in [-0.05, 0) is 19.8 Å². The molecular formula is C9H18N2O6S2. The van der Waals surface area contributed by atoms with E-state index in [0.29, 0.717) is 6.42 Å². The number of hydrogen-bond donors (Lipinski definition) is 2. The van der Waals surface area contributed by atoms with Crippen molar-refractivity contribution in [2.45, 2.75) is 25.8 Å². The highest BCUT2D eigenvalue weighted by atomic mass is 32.2. The standard InChI is InChI=1S/C9H18N2O6S2/c1-2-18(14,15)10-5-7-19(16,17)11-6-3-4-8(11)9(12)13/h8,10H,2-7H2,1H3,(H,12,13)/t8-/m1/s1. The summed E-state index contributed by atoms with van der Waals surface area (Å²) in [6.45, 7) is 1.36. The number of sulfonamides is 2. The molecule has 1 rings (SSSR count). The Hall–Kier alpha value is -0.710. The first-order chi connectivity index (χ1) is 8.69. The van der Waals surface area contributed by atoms with Crippen LogP contribution in [0, 0.1) is 0 Å². The molecule has 0 aliphatic carbocycles. The Morgan fingerprint density at radius 3 is 2.53 bits per heavy atom. The molecule has 0 amide bonds. The van der Waals surface area contributed by atoms with Gasteiger partial charge in [0.15, 0.2) is 0 Å². The summed E-state index contributed by atoms with van der Waals surface area (Å²) in [5, 5.41) is 8.92. The maximum Gasteiger partial charge on any atom is 0.322 e. The number of carboxylic acid groups (broad SMARTS) is 1. The normalized spacial score (nSPS) is 21.6. The average molecular weight is 314 g/mol. The minimum atomic E-state index is -3.76. The average Bonchev–Trinajstić information content (AvgIpc) is 2.78. The minimum Gasteiger partial charge on any atom is -0.480 e. The molecule has 0 saturated carbocycles. The summed E-state index contributed by atoms with van der Waals surface area (Å²) in [6, 6.07) is -1.03. The van der Waals surface area contributed by atoms with Crippen LogP contribution in [-0.4, -0.2) is 62.9 Å². The van der Waals surface area contributed by atoms with Crippen LogP contribution < -0.4 is 4.72 Å². The molecule has 8 nitrogen and oxygen atoms in total. The zero-order valence-corrected chi connectivity index (χ0v) is 12.2. The predicted octanol–water partition coefficient (Wildman–Crippen LogP) is -1.20. The molecule has 19 heavy (non-hydrogen) atoms. The molecule has 1 saturated heterocycles. The summed E-state index contributed by atoms with van der Waals surface area (Å²) in [5.74, 6) is -1.74. The van der Waals surface area contributed by atoms with Gasteiger partial charge in [0.05, 0.1) is 11.5 Å². The Labute approximate surface area is 112 Å². The molecule has 1 atom stereocenters. The highest BCUT2D eigenvalue weighted by Gasteiger charge is 2.38. The molecule has 1 fully saturated rings. The predicted molar refractivity (Wildman–Crippen MR) is 68.6 cm³/mol. The van der Waals surface area contributed by atoms with Crippen LogP contribution in [0.2, 0.25) is 0 Å². The number of carbonyl (C=O) groups is 1. The number of rotatable bonds is 7. The Kier molecular flexibility index (Phi) is 5.30. The summed E-state index contributed by atoms with van der Waals surface area (Å²) < 4.78 is 49.3. The van der Waals surface area contributed by atoms with Gasteiger partial charge in [0.1, 0.15) is 6.04 Å². The maximum absolute atomic E-state index is 11.9. The van der Waals surface area contributed by atoms with E-state index in [1.54, 1.807) is 0 Å². The Morgan fingerprint density at radius 1 is 1.37 bits per heavy atom. The molecule has 2 N–H and O–H groups in total. The zero-order valence-electron chi connectivity index (χ0n) is 10.6. The van der Waals surface area contributed by atoms with Crippen LogP contribution in [0.5, 0.6) is 0 Å². The molecule has 0 aromatic carbocycles. The molecule has 0 unspecified atom stereocenters. The van der Waals surface area contributed by atoms with Gasteiger partial charge >= 0.3 is 5.97 Å². The SMILES string of the molecule is CCS(=O)(=O)NCCS(=O)(=O)N1CCC[C@@H]1C(=O)O. The summed E-state index contributed by atoms with van der Waals surface area (Å²) in [7, 11) is -7.20. The van der Waals surface area contributed by atoms with E-state index >= 15 is 0 Å². The van der Waals surface area contributed by atoms with Crippen LogP contribution in [0.4, 0.5) is 0 Å². The third kappa shape index (κ3) is 4.41. The van der Waals surface area contributed by atoms with Gasteiger partial charge in [-0.1, -0.05) is 0 Å². The molecule has 1 aliphatic heterocycles. The second-order valence-electron chi connectivity index (χ2n) is 4.22. The van der Waals surface area contributed by atoms with Crippen molar-refractivity contribution in [3.63, 3.8) is 0 Å². The molecule has 0 radical (unpaired) electrons. The first-order valence-electron chi connectivity index (χ1n) is 5.89. The van der Waals surface area contributed by atoms with E-state index < -0.39 is 37.8 Å². The van der Waals surface area contributed by atoms with Crippen LogP contribution in [0.1, 0.15) is 19.8 Å². The van der Waals surface area contributed by atoms with E-state index in [2.05, 4.69) is 4.72 Å². The van der Waals surface area contributed by atoms with Gasteiger partial charge in [-0.15, -0.1) is 0 Å². The largest absolute Gasteiger partial charge is 0.480 e. The smallest absolute Gasteiger partial charge is 0.322 e. The monoisotopic (exact) mass is 314 g/mol. The van der Waals surface area contributed by atoms with Crippen LogP contribution in [0.15, 0.2) is 0 Å². The van der Waals surface area contributed by atoms with Crippen LogP contribution >= 0.6 is 0 Å². The molecule has 1 heterocycles. The molecule has 0 bridgehead atoms. The van der Waals surface area contributed by atoms with Gasteiger partial charge in [-0.2, -0.15) is 4.31 Å². The van der Waals surface area contributed by atoms with Crippen molar-refractivity contribution < 1.29 is 26.7 Å². The molecule has 0 spiro atoms. The van der Waals surface area contributed by atoms with Gasteiger partial charge < -0.3 is 5.11 Å². The lowest BCUT2D eigenvalue weighted by atomic mass is 10.2. The van der Waals surface area contributed by atoms with Crippen molar-refractivity contribution in [3.05, 3.63) is 0 Å². The third-order valence-electron chi connectivity index (χ3n) is 2.91. The topological polar surface area (TPSA) is 121 Å². The van der Waals surface area contributed by atoms with Crippen molar-refractivity contribution in [3.8, 4) is 0 Å². The Morgan fingerprint density at radius 2 is 2.00 bits per heavy atom. The van der Waals surface area contributed by atoms with E-state index in [9.17, 15) is 21.6 Å². The maximum atomic E-state index is 11.9. The van der Waals surface area contributed by atoms with E-state index in [4.69, 9.17) is 5.11 Å². The highest BCUT2D eigenvalue weighted by molar-refractivity contribution is 7.90. The summed E-state index contributed by atoms with van der Waals surface area (Å²) >= 11 is 0. The fraction of sp³-hybridized carbons (Fsp3) is 0.889. The quantitative estimate of drug-likeness (QED) is 0.609. The van der Waals surface area contributed by atoms with Gasteiger partial charge in [0.2, 0.25) is 20.0 Å². The molecule has 1 aliphatic rings. The van der Waals surface area contributed by atoms with Gasteiger partial charge in [-0.25, -0.2) is 21.6 Å².